The van der Waals surface area contributed by atoms with Crippen LogP contribution in [0.2, 0.25) is 18.1 Å². The van der Waals surface area contributed by atoms with E-state index in [-0.39, 0.29) is 28.8 Å². The Labute approximate surface area is 176 Å². The number of carbonyl (C=O) groups is 1. The lowest BCUT2D eigenvalue weighted by atomic mass is 9.81. The van der Waals surface area contributed by atoms with Crippen LogP contribution in [0.5, 0.6) is 0 Å². The summed E-state index contributed by atoms with van der Waals surface area (Å²) in [6, 6.07) is 6.76. The number of hydrogen-bond donors (Lipinski definition) is 0. The molecule has 2 rings (SSSR count). The van der Waals surface area contributed by atoms with Crippen LogP contribution in [0.1, 0.15) is 59.4 Å². The Kier molecular flexibility index (Phi) is 7.21. The second kappa shape index (κ2) is 8.76. The zero-order valence-corrected chi connectivity index (χ0v) is 20.3. The van der Waals surface area contributed by atoms with Crippen molar-refractivity contribution in [2.75, 3.05) is 19.7 Å². The number of amides is 1. The topological polar surface area (TPSA) is 38.8 Å². The SMILES string of the molecule is CC(C)(C)OC(=O)N1CCC(c2ccc(F)cc2)C(CO[Si](C)(C)C(C)(C)C)C1. The first kappa shape index (κ1) is 23.9. The molecule has 2 atom stereocenters. The molecule has 6 heteroatoms. The molecule has 1 amide bonds. The van der Waals surface area contributed by atoms with Crippen molar-refractivity contribution >= 4 is 14.4 Å². The zero-order valence-electron chi connectivity index (χ0n) is 19.3. The van der Waals surface area contributed by atoms with Crippen LogP contribution in [0.25, 0.3) is 0 Å². The minimum absolute atomic E-state index is 0.123. The van der Waals surface area contributed by atoms with Crippen LogP contribution < -0.4 is 0 Å². The third-order valence-electron chi connectivity index (χ3n) is 6.15. The van der Waals surface area contributed by atoms with Crippen molar-refractivity contribution in [3.05, 3.63) is 35.6 Å². The van der Waals surface area contributed by atoms with Crippen molar-refractivity contribution < 1.29 is 18.3 Å². The van der Waals surface area contributed by atoms with Crippen molar-refractivity contribution in [3.8, 4) is 0 Å². The van der Waals surface area contributed by atoms with E-state index in [9.17, 15) is 9.18 Å². The molecular weight excluding hydrogens is 385 g/mol. The molecule has 29 heavy (non-hydrogen) atoms. The third-order valence-corrected chi connectivity index (χ3v) is 10.6. The summed E-state index contributed by atoms with van der Waals surface area (Å²) in [6.07, 6.45) is 0.545. The molecule has 2 unspecified atom stereocenters. The first-order chi connectivity index (χ1) is 13.2. The average molecular weight is 424 g/mol. The molecule has 4 nitrogen and oxygen atoms in total. The standard InChI is InChI=1S/C23H38FNO3Si/c1-22(2,3)28-21(26)25-14-13-20(17-9-11-19(24)12-10-17)18(15-25)16-27-29(7,8)23(4,5)6/h9-12,18,20H,13-16H2,1-8H3. The largest absolute Gasteiger partial charge is 0.444 e. The zero-order chi connectivity index (χ0) is 22.0. The van der Waals surface area contributed by atoms with E-state index in [0.717, 1.165) is 12.0 Å². The number of ether oxygens (including phenoxy) is 1. The summed E-state index contributed by atoms with van der Waals surface area (Å²) >= 11 is 0. The van der Waals surface area contributed by atoms with Crippen molar-refractivity contribution in [2.45, 2.75) is 77.6 Å². The van der Waals surface area contributed by atoms with Gasteiger partial charge in [-0.25, -0.2) is 9.18 Å². The van der Waals surface area contributed by atoms with E-state index < -0.39 is 13.9 Å². The van der Waals surface area contributed by atoms with Gasteiger partial charge in [0.25, 0.3) is 0 Å². The van der Waals surface area contributed by atoms with E-state index in [1.807, 2.05) is 32.9 Å². The van der Waals surface area contributed by atoms with Gasteiger partial charge in [-0.15, -0.1) is 0 Å². The molecule has 1 heterocycles. The number of likely N-dealkylation sites (tertiary alicyclic amines) is 1. The minimum atomic E-state index is -1.91. The summed E-state index contributed by atoms with van der Waals surface area (Å²) in [5, 5.41) is 0.123. The Hall–Kier alpha value is -1.40. The molecule has 1 saturated heterocycles. The van der Waals surface area contributed by atoms with Crippen LogP contribution >= 0.6 is 0 Å². The predicted molar refractivity (Wildman–Crippen MR) is 118 cm³/mol. The molecule has 0 aromatic heterocycles. The van der Waals surface area contributed by atoms with E-state index in [2.05, 4.69) is 33.9 Å². The van der Waals surface area contributed by atoms with Crippen LogP contribution in [-0.2, 0) is 9.16 Å². The maximum atomic E-state index is 13.4. The van der Waals surface area contributed by atoms with Crippen LogP contribution in [0.3, 0.4) is 0 Å². The number of benzene rings is 1. The second-order valence-electron chi connectivity index (χ2n) is 10.7. The molecule has 164 valence electrons. The first-order valence-electron chi connectivity index (χ1n) is 10.6. The van der Waals surface area contributed by atoms with E-state index in [1.54, 1.807) is 4.90 Å². The fraction of sp³-hybridized carbons (Fsp3) is 0.696. The Morgan fingerprint density at radius 2 is 1.72 bits per heavy atom. The third kappa shape index (κ3) is 6.54. The quantitative estimate of drug-likeness (QED) is 0.542. The number of piperidine rings is 1. The molecule has 0 bridgehead atoms. The van der Waals surface area contributed by atoms with Gasteiger partial charge in [0.15, 0.2) is 8.32 Å². The highest BCUT2D eigenvalue weighted by Crippen LogP contribution is 2.39. The molecule has 0 spiro atoms. The fourth-order valence-electron chi connectivity index (χ4n) is 3.37. The molecule has 1 aromatic rings. The first-order valence-corrected chi connectivity index (χ1v) is 13.5. The number of nitrogens with zero attached hydrogens (tertiary/aromatic N) is 1. The second-order valence-corrected chi connectivity index (χ2v) is 15.5. The van der Waals surface area contributed by atoms with Gasteiger partial charge in [-0.05, 0) is 68.9 Å². The molecule has 1 aromatic carbocycles. The van der Waals surface area contributed by atoms with Crippen LogP contribution in [0.15, 0.2) is 24.3 Å². The molecule has 0 N–H and O–H groups in total. The Balaban J connectivity index is 2.19. The molecule has 0 radical (unpaired) electrons. The highest BCUT2D eigenvalue weighted by Gasteiger charge is 2.40. The van der Waals surface area contributed by atoms with Gasteiger partial charge in [-0.1, -0.05) is 32.9 Å². The molecule has 1 aliphatic rings. The van der Waals surface area contributed by atoms with E-state index in [1.165, 1.54) is 12.1 Å². The molecular formula is C23H38FNO3Si. The summed E-state index contributed by atoms with van der Waals surface area (Å²) in [7, 11) is -1.91. The highest BCUT2D eigenvalue weighted by molar-refractivity contribution is 6.74. The number of hydrogen-bond acceptors (Lipinski definition) is 3. The van der Waals surface area contributed by atoms with Crippen molar-refractivity contribution in [2.24, 2.45) is 5.92 Å². The van der Waals surface area contributed by atoms with E-state index >= 15 is 0 Å². The van der Waals surface area contributed by atoms with Crippen molar-refractivity contribution in [1.82, 2.24) is 4.90 Å². The lowest BCUT2D eigenvalue weighted by molar-refractivity contribution is 0.0106. The Morgan fingerprint density at radius 3 is 2.24 bits per heavy atom. The van der Waals surface area contributed by atoms with Crippen LogP contribution in [0.4, 0.5) is 9.18 Å². The maximum absolute atomic E-state index is 13.4. The number of carbonyl (C=O) groups excluding carboxylic acids is 1. The van der Waals surface area contributed by atoms with Gasteiger partial charge >= 0.3 is 6.09 Å². The van der Waals surface area contributed by atoms with E-state index in [4.69, 9.17) is 9.16 Å². The number of rotatable bonds is 4. The molecule has 1 fully saturated rings. The fourth-order valence-corrected chi connectivity index (χ4v) is 4.44. The Bertz CT molecular complexity index is 692. The van der Waals surface area contributed by atoms with Crippen LogP contribution in [-0.4, -0.2) is 44.6 Å². The summed E-state index contributed by atoms with van der Waals surface area (Å²) in [5.74, 6) is 0.156. The van der Waals surface area contributed by atoms with Gasteiger partial charge in [-0.3, -0.25) is 0 Å². The molecule has 0 aliphatic carbocycles. The summed E-state index contributed by atoms with van der Waals surface area (Å²) in [6.45, 7) is 18.6. The smallest absolute Gasteiger partial charge is 0.410 e. The Morgan fingerprint density at radius 1 is 1.14 bits per heavy atom. The van der Waals surface area contributed by atoms with Gasteiger partial charge in [0.05, 0.1) is 0 Å². The van der Waals surface area contributed by atoms with Crippen molar-refractivity contribution in [1.29, 1.82) is 0 Å². The maximum Gasteiger partial charge on any atom is 0.410 e. The lowest BCUT2D eigenvalue weighted by Crippen LogP contribution is -2.48. The van der Waals surface area contributed by atoms with Crippen LogP contribution in [0, 0.1) is 11.7 Å². The van der Waals surface area contributed by atoms with Gasteiger partial charge in [0.2, 0.25) is 0 Å². The monoisotopic (exact) mass is 423 g/mol. The summed E-state index contributed by atoms with van der Waals surface area (Å²) in [4.78, 5) is 14.4. The summed E-state index contributed by atoms with van der Waals surface area (Å²) < 4.78 is 25.5. The molecule has 1 aliphatic heterocycles. The van der Waals surface area contributed by atoms with Gasteiger partial charge in [0, 0.05) is 25.6 Å². The minimum Gasteiger partial charge on any atom is -0.444 e. The molecule has 0 saturated carbocycles. The average Bonchev–Trinajstić information content (AvgIpc) is 2.58. The highest BCUT2D eigenvalue weighted by atomic mass is 28.4. The summed E-state index contributed by atoms with van der Waals surface area (Å²) in [5.41, 5.74) is 0.594. The predicted octanol–water partition coefficient (Wildman–Crippen LogP) is 6.19. The lowest BCUT2D eigenvalue weighted by Gasteiger charge is -2.42. The normalized spacial score (nSPS) is 21.2. The van der Waals surface area contributed by atoms with Gasteiger partial charge in [-0.2, -0.15) is 0 Å². The number of halogens is 1. The van der Waals surface area contributed by atoms with E-state index in [0.29, 0.717) is 19.7 Å². The van der Waals surface area contributed by atoms with Gasteiger partial charge < -0.3 is 14.1 Å². The van der Waals surface area contributed by atoms with Crippen molar-refractivity contribution in [3.63, 3.8) is 0 Å². The van der Waals surface area contributed by atoms with Gasteiger partial charge in [0.1, 0.15) is 11.4 Å².